The van der Waals surface area contributed by atoms with E-state index in [4.69, 9.17) is 5.11 Å². The van der Waals surface area contributed by atoms with Crippen molar-refractivity contribution in [2.45, 2.75) is 44.4 Å². The number of aliphatic carboxylic acids is 1. The third kappa shape index (κ3) is 4.22. The molecule has 1 aromatic heterocycles. The normalized spacial score (nSPS) is 15.1. The molecular formula is C12H18F3N3O2. The topological polar surface area (TPSA) is 67.2 Å². The maximum absolute atomic E-state index is 12.4. The first-order valence-corrected chi connectivity index (χ1v) is 6.21. The lowest BCUT2D eigenvalue weighted by Gasteiger charge is -2.23. The first-order valence-electron chi connectivity index (χ1n) is 6.21. The Balaban J connectivity index is 2.42. The van der Waals surface area contributed by atoms with Crippen molar-refractivity contribution in [1.29, 1.82) is 0 Å². The number of carboxylic acid groups (broad SMARTS) is 1. The summed E-state index contributed by atoms with van der Waals surface area (Å²) in [5, 5.41) is 15.4. The van der Waals surface area contributed by atoms with Crippen molar-refractivity contribution >= 4 is 5.97 Å². The zero-order chi connectivity index (χ0) is 15.4. The monoisotopic (exact) mass is 293 g/mol. The Bertz CT molecular complexity index is 459. The largest absolute Gasteiger partial charge is 0.480 e. The highest BCUT2D eigenvalue weighted by Crippen LogP contribution is 2.28. The summed E-state index contributed by atoms with van der Waals surface area (Å²) in [4.78, 5) is 11.0. The van der Waals surface area contributed by atoms with Crippen LogP contribution in [0.25, 0.3) is 0 Å². The van der Waals surface area contributed by atoms with Crippen LogP contribution in [0.3, 0.4) is 0 Å². The van der Waals surface area contributed by atoms with Crippen molar-refractivity contribution in [3.8, 4) is 0 Å². The van der Waals surface area contributed by atoms with E-state index in [1.165, 1.54) is 4.68 Å². The molecule has 0 aromatic carbocycles. The van der Waals surface area contributed by atoms with Gasteiger partial charge in [-0.25, -0.2) is 0 Å². The molecule has 0 aliphatic carbocycles. The quantitative estimate of drug-likeness (QED) is 0.756. The molecule has 0 aliphatic heterocycles. The second-order valence-corrected chi connectivity index (χ2v) is 4.83. The van der Waals surface area contributed by atoms with Crippen LogP contribution in [0.15, 0.2) is 12.4 Å². The molecule has 8 heteroatoms. The molecule has 0 saturated heterocycles. The Labute approximate surface area is 114 Å². The van der Waals surface area contributed by atoms with Crippen LogP contribution in [-0.4, -0.2) is 33.4 Å². The lowest BCUT2D eigenvalue weighted by Crippen LogP contribution is -2.47. The summed E-state index contributed by atoms with van der Waals surface area (Å²) < 4.78 is 38.3. The fourth-order valence-electron chi connectivity index (χ4n) is 1.72. The van der Waals surface area contributed by atoms with E-state index in [9.17, 15) is 18.0 Å². The molecule has 2 N–H and O–H groups in total. The summed E-state index contributed by atoms with van der Waals surface area (Å²) in [6.45, 7) is 1.90. The summed E-state index contributed by atoms with van der Waals surface area (Å²) in [6.07, 6.45) is -1.11. The van der Waals surface area contributed by atoms with Gasteiger partial charge in [-0.3, -0.25) is 9.48 Å². The van der Waals surface area contributed by atoms with Gasteiger partial charge in [0.15, 0.2) is 0 Å². The van der Waals surface area contributed by atoms with Crippen LogP contribution < -0.4 is 5.32 Å². The molecule has 1 atom stereocenters. The molecular weight excluding hydrogens is 275 g/mol. The third-order valence-electron chi connectivity index (χ3n) is 3.30. The Hall–Kier alpha value is -1.57. The molecule has 0 bridgehead atoms. The maximum atomic E-state index is 12.4. The second-order valence-electron chi connectivity index (χ2n) is 4.83. The highest BCUT2D eigenvalue weighted by Gasteiger charge is 2.32. The molecule has 1 unspecified atom stereocenters. The summed E-state index contributed by atoms with van der Waals surface area (Å²) in [6, 6.07) is 0. The van der Waals surface area contributed by atoms with Crippen molar-refractivity contribution < 1.29 is 23.1 Å². The van der Waals surface area contributed by atoms with E-state index < -0.39 is 23.2 Å². The predicted octanol–water partition coefficient (Wildman–Crippen LogP) is 2.13. The molecule has 0 aliphatic rings. The molecule has 20 heavy (non-hydrogen) atoms. The van der Waals surface area contributed by atoms with Crippen molar-refractivity contribution in [3.63, 3.8) is 0 Å². The minimum absolute atomic E-state index is 0.329. The van der Waals surface area contributed by atoms with E-state index in [1.807, 2.05) is 0 Å². The van der Waals surface area contributed by atoms with E-state index in [1.54, 1.807) is 14.0 Å². The van der Waals surface area contributed by atoms with Crippen LogP contribution in [0.2, 0.25) is 0 Å². The number of unbranched alkanes of at least 4 members (excludes halogenated alkanes) is 1. The van der Waals surface area contributed by atoms with Crippen LogP contribution in [0.1, 0.15) is 31.7 Å². The van der Waals surface area contributed by atoms with Crippen molar-refractivity contribution in [2.24, 2.45) is 0 Å². The van der Waals surface area contributed by atoms with Gasteiger partial charge in [-0.05, 0) is 33.2 Å². The average Bonchev–Trinajstić information content (AvgIpc) is 2.82. The van der Waals surface area contributed by atoms with Gasteiger partial charge in [0.1, 0.15) is 5.54 Å². The maximum Gasteiger partial charge on any atom is 0.419 e. The summed E-state index contributed by atoms with van der Waals surface area (Å²) in [5.74, 6) is -0.946. The Morgan fingerprint density at radius 2 is 2.10 bits per heavy atom. The van der Waals surface area contributed by atoms with Crippen LogP contribution in [0.5, 0.6) is 0 Å². The number of rotatable bonds is 7. The van der Waals surface area contributed by atoms with Gasteiger partial charge in [-0.2, -0.15) is 18.3 Å². The minimum Gasteiger partial charge on any atom is -0.480 e. The average molecular weight is 293 g/mol. The van der Waals surface area contributed by atoms with Crippen molar-refractivity contribution in [3.05, 3.63) is 18.0 Å². The van der Waals surface area contributed by atoms with Crippen LogP contribution in [0.4, 0.5) is 13.2 Å². The summed E-state index contributed by atoms with van der Waals surface area (Å²) in [7, 11) is 1.57. The highest BCUT2D eigenvalue weighted by atomic mass is 19.4. The molecule has 0 radical (unpaired) electrons. The van der Waals surface area contributed by atoms with Gasteiger partial charge in [0, 0.05) is 12.7 Å². The number of aryl methyl sites for hydroxylation is 1. The van der Waals surface area contributed by atoms with Gasteiger partial charge in [-0.15, -0.1) is 0 Å². The minimum atomic E-state index is -4.38. The SMILES string of the molecule is CNC(C)(CCCCn1cc(C(F)(F)F)cn1)C(=O)O. The number of carboxylic acids is 1. The molecule has 114 valence electrons. The fourth-order valence-corrected chi connectivity index (χ4v) is 1.72. The number of hydrogen-bond acceptors (Lipinski definition) is 3. The molecule has 1 aromatic rings. The number of hydrogen-bond donors (Lipinski definition) is 2. The lowest BCUT2D eigenvalue weighted by atomic mass is 9.95. The second kappa shape index (κ2) is 6.25. The van der Waals surface area contributed by atoms with Crippen molar-refractivity contribution in [1.82, 2.24) is 15.1 Å². The molecule has 0 amide bonds. The molecule has 0 fully saturated rings. The molecule has 0 spiro atoms. The number of halogens is 3. The number of nitrogens with zero attached hydrogens (tertiary/aromatic N) is 2. The third-order valence-corrected chi connectivity index (χ3v) is 3.30. The first kappa shape index (κ1) is 16.5. The zero-order valence-electron chi connectivity index (χ0n) is 11.4. The Morgan fingerprint density at radius 1 is 1.45 bits per heavy atom. The predicted molar refractivity (Wildman–Crippen MR) is 66.2 cm³/mol. The van der Waals surface area contributed by atoms with E-state index in [2.05, 4.69) is 10.4 Å². The number of alkyl halides is 3. The number of nitrogens with one attached hydrogen (secondary N) is 1. The van der Waals surface area contributed by atoms with Crippen LogP contribution >= 0.6 is 0 Å². The van der Waals surface area contributed by atoms with Gasteiger partial charge in [-0.1, -0.05) is 0 Å². The standard InChI is InChI=1S/C12H18F3N3O2/c1-11(16-2,10(19)20)5-3-4-6-18-8-9(7-17-18)12(13,14)15/h7-8,16H,3-6H2,1-2H3,(H,19,20). The van der Waals surface area contributed by atoms with Crippen LogP contribution in [-0.2, 0) is 17.5 Å². The lowest BCUT2D eigenvalue weighted by molar-refractivity contribution is -0.144. The van der Waals surface area contributed by atoms with E-state index >= 15 is 0 Å². The molecule has 0 saturated carbocycles. The highest BCUT2D eigenvalue weighted by molar-refractivity contribution is 5.78. The fraction of sp³-hybridized carbons (Fsp3) is 0.667. The van der Waals surface area contributed by atoms with E-state index in [0.29, 0.717) is 25.8 Å². The van der Waals surface area contributed by atoms with Gasteiger partial charge >= 0.3 is 12.1 Å². The zero-order valence-corrected chi connectivity index (χ0v) is 11.4. The van der Waals surface area contributed by atoms with Crippen LogP contribution in [0, 0.1) is 0 Å². The molecule has 5 nitrogen and oxygen atoms in total. The molecule has 1 heterocycles. The van der Waals surface area contributed by atoms with Gasteiger partial charge in [0.05, 0.1) is 11.8 Å². The van der Waals surface area contributed by atoms with E-state index in [-0.39, 0.29) is 0 Å². The number of likely N-dealkylation sites (N-methyl/N-ethyl adjacent to an activating group) is 1. The summed E-state index contributed by atoms with van der Waals surface area (Å²) >= 11 is 0. The number of aromatic nitrogens is 2. The van der Waals surface area contributed by atoms with Gasteiger partial charge < -0.3 is 10.4 Å². The smallest absolute Gasteiger partial charge is 0.419 e. The van der Waals surface area contributed by atoms with Crippen molar-refractivity contribution in [2.75, 3.05) is 7.05 Å². The molecule has 1 rings (SSSR count). The number of carbonyl (C=O) groups is 1. The first-order chi connectivity index (χ1) is 9.19. The summed E-state index contributed by atoms with van der Waals surface area (Å²) in [5.41, 5.74) is -1.79. The Kier molecular flexibility index (Phi) is 5.15. The van der Waals surface area contributed by atoms with Gasteiger partial charge in [0.25, 0.3) is 0 Å². The van der Waals surface area contributed by atoms with E-state index in [0.717, 1.165) is 12.4 Å². The Morgan fingerprint density at radius 3 is 2.55 bits per heavy atom. The van der Waals surface area contributed by atoms with Gasteiger partial charge in [0.2, 0.25) is 0 Å².